The zero-order chi connectivity index (χ0) is 11.8. The number of ether oxygens (including phenoxy) is 1. The average Bonchev–Trinajstić information content (AvgIpc) is 2.16. The molecule has 0 saturated heterocycles. The minimum Gasteiger partial charge on any atom is -0.457 e. The van der Waals surface area contributed by atoms with Crippen LogP contribution < -0.4 is 0 Å². The molecule has 0 fully saturated rings. The molecule has 0 aromatic carbocycles. The van der Waals surface area contributed by atoms with E-state index in [1.54, 1.807) is 6.92 Å². The summed E-state index contributed by atoms with van der Waals surface area (Å²) in [6.07, 6.45) is 0.0755. The molecule has 1 N–H and O–H groups in total. The number of carbonyl (C=O) groups is 1. The van der Waals surface area contributed by atoms with Crippen LogP contribution in [0.5, 0.6) is 0 Å². The fourth-order valence-electron chi connectivity index (χ4n) is 1.08. The summed E-state index contributed by atoms with van der Waals surface area (Å²) < 4.78 is 4.63. The van der Waals surface area contributed by atoms with Gasteiger partial charge >= 0.3 is 11.7 Å². The summed E-state index contributed by atoms with van der Waals surface area (Å²) in [7, 11) is 0. The molecule has 5 nitrogen and oxygen atoms in total. The normalized spacial score (nSPS) is 12.1. The van der Waals surface area contributed by atoms with Gasteiger partial charge in [-0.25, -0.2) is 4.79 Å². The Kier molecular flexibility index (Phi) is 6.58. The van der Waals surface area contributed by atoms with Gasteiger partial charge in [0.05, 0.1) is 6.61 Å². The van der Waals surface area contributed by atoms with Gasteiger partial charge in [0.25, 0.3) is 0 Å². The smallest absolute Gasteiger partial charge is 0.419 e. The van der Waals surface area contributed by atoms with Crippen LogP contribution in [0.3, 0.4) is 0 Å². The molecule has 0 aliphatic rings. The average molecular weight is 214 g/mol. The van der Waals surface area contributed by atoms with Crippen LogP contribution >= 0.6 is 0 Å². The van der Waals surface area contributed by atoms with Crippen LogP contribution in [0.4, 0.5) is 0 Å². The molecule has 5 heteroatoms. The topological polar surface area (TPSA) is 82.9 Å². The Morgan fingerprint density at radius 1 is 1.47 bits per heavy atom. The Morgan fingerprint density at radius 3 is 2.47 bits per heavy atom. The first-order valence-corrected chi connectivity index (χ1v) is 5.10. The lowest BCUT2D eigenvalue weighted by atomic mass is 10.0. The van der Waals surface area contributed by atoms with Gasteiger partial charge in [0.2, 0.25) is 0 Å². The van der Waals surface area contributed by atoms with E-state index in [1.807, 2.05) is 13.8 Å². The molecule has 0 aromatic rings. The second-order valence-corrected chi connectivity index (χ2v) is 3.69. The van der Waals surface area contributed by atoms with Crippen LogP contribution in [0, 0.1) is 5.92 Å². The van der Waals surface area contributed by atoms with Gasteiger partial charge < -0.3 is 15.4 Å². The highest BCUT2D eigenvalue weighted by Gasteiger charge is 2.30. The Labute approximate surface area is 89.7 Å². The van der Waals surface area contributed by atoms with Crippen LogP contribution in [0.15, 0.2) is 0 Å². The van der Waals surface area contributed by atoms with Crippen molar-refractivity contribution < 1.29 is 19.4 Å². The number of rotatable bonds is 6. The van der Waals surface area contributed by atoms with Gasteiger partial charge in [0, 0.05) is 0 Å². The molecule has 0 amide bonds. The molecule has 0 rings (SSSR count). The molecule has 0 saturated carbocycles. The minimum atomic E-state index is -1.06. The van der Waals surface area contributed by atoms with E-state index in [9.17, 15) is 9.90 Å². The number of aliphatic hydroxyl groups excluding tert-OH is 1. The molecule has 0 aliphatic carbocycles. The number of carbonyl (C=O) groups excluding carboxylic acids is 1. The maximum atomic E-state index is 11.2. The molecule has 15 heavy (non-hydrogen) atoms. The number of hydrogen-bond donors (Lipinski definition) is 1. The molecule has 0 bridgehead atoms. The van der Waals surface area contributed by atoms with Crippen molar-refractivity contribution >= 4 is 11.7 Å². The van der Waals surface area contributed by atoms with Gasteiger partial charge in [-0.15, -0.1) is 0 Å². The lowest BCUT2D eigenvalue weighted by Gasteiger charge is -2.07. The summed E-state index contributed by atoms with van der Waals surface area (Å²) in [5, 5.41) is 9.56. The monoisotopic (exact) mass is 214 g/mol. The molecular formula is C10H18N2O3. The van der Waals surface area contributed by atoms with E-state index >= 15 is 0 Å². The van der Waals surface area contributed by atoms with Gasteiger partial charge in [-0.3, -0.25) is 0 Å². The first-order chi connectivity index (χ1) is 7.02. The molecule has 86 valence electrons. The lowest BCUT2D eigenvalue weighted by molar-refractivity contribution is -0.141. The lowest BCUT2D eigenvalue weighted by Crippen LogP contribution is -2.31. The van der Waals surface area contributed by atoms with Gasteiger partial charge in [-0.2, -0.15) is 4.79 Å². The van der Waals surface area contributed by atoms with Crippen LogP contribution in [0.25, 0.3) is 5.53 Å². The van der Waals surface area contributed by atoms with Crippen molar-refractivity contribution in [1.82, 2.24) is 0 Å². The van der Waals surface area contributed by atoms with E-state index in [4.69, 9.17) is 5.53 Å². The van der Waals surface area contributed by atoms with Crippen molar-refractivity contribution in [1.29, 1.82) is 0 Å². The second-order valence-electron chi connectivity index (χ2n) is 3.69. The van der Waals surface area contributed by atoms with Crippen molar-refractivity contribution in [2.24, 2.45) is 5.92 Å². The van der Waals surface area contributed by atoms with Crippen LogP contribution in [-0.2, 0) is 9.53 Å². The predicted octanol–water partition coefficient (Wildman–Crippen LogP) is 1.02. The fraction of sp³-hybridized carbons (Fsp3) is 0.800. The summed E-state index contributed by atoms with van der Waals surface area (Å²) in [4.78, 5) is 14.0. The molecular weight excluding hydrogens is 196 g/mol. The van der Waals surface area contributed by atoms with Crippen LogP contribution in [0.1, 0.15) is 33.6 Å². The summed E-state index contributed by atoms with van der Waals surface area (Å²) in [6.45, 7) is 5.85. The highest BCUT2D eigenvalue weighted by Crippen LogP contribution is 2.07. The first kappa shape index (κ1) is 13.8. The minimum absolute atomic E-state index is 0.189. The largest absolute Gasteiger partial charge is 0.457 e. The van der Waals surface area contributed by atoms with E-state index in [0.717, 1.165) is 6.42 Å². The molecule has 0 heterocycles. The van der Waals surface area contributed by atoms with E-state index in [2.05, 4.69) is 9.53 Å². The number of hydrogen-bond acceptors (Lipinski definition) is 3. The second kappa shape index (κ2) is 7.15. The van der Waals surface area contributed by atoms with Crippen LogP contribution in [0.2, 0.25) is 0 Å². The van der Waals surface area contributed by atoms with Gasteiger partial charge in [0.15, 0.2) is 6.10 Å². The van der Waals surface area contributed by atoms with Gasteiger partial charge in [-0.05, 0) is 25.7 Å². The summed E-state index contributed by atoms with van der Waals surface area (Å²) in [5.74, 6) is -0.349. The Morgan fingerprint density at radius 2 is 2.07 bits per heavy atom. The quantitative estimate of drug-likeness (QED) is 0.310. The third kappa shape index (κ3) is 5.30. The van der Waals surface area contributed by atoms with Crippen LogP contribution in [-0.4, -0.2) is 34.3 Å². The maximum Gasteiger partial charge on any atom is 0.419 e. The number of nitrogens with zero attached hydrogens (tertiary/aromatic N) is 2. The Bertz CT molecular complexity index is 257. The molecule has 1 atom stereocenters. The zero-order valence-electron chi connectivity index (χ0n) is 9.43. The summed E-state index contributed by atoms with van der Waals surface area (Å²) in [5.41, 5.74) is 8.26. The maximum absolute atomic E-state index is 11.2. The Hall–Kier alpha value is -1.19. The third-order valence-electron chi connectivity index (χ3n) is 1.93. The fourth-order valence-corrected chi connectivity index (χ4v) is 1.08. The van der Waals surface area contributed by atoms with E-state index < -0.39 is 12.1 Å². The van der Waals surface area contributed by atoms with E-state index in [0.29, 0.717) is 12.3 Å². The molecule has 0 radical (unpaired) electrons. The Balaban J connectivity index is 4.30. The van der Waals surface area contributed by atoms with Crippen molar-refractivity contribution in [2.45, 2.75) is 39.7 Å². The van der Waals surface area contributed by atoms with Gasteiger partial charge in [0.1, 0.15) is 0 Å². The number of aliphatic hydroxyl groups is 1. The van der Waals surface area contributed by atoms with Crippen molar-refractivity contribution in [3.63, 3.8) is 0 Å². The van der Waals surface area contributed by atoms with E-state index in [-0.39, 0.29) is 12.3 Å². The van der Waals surface area contributed by atoms with E-state index in [1.165, 1.54) is 0 Å². The first-order valence-electron chi connectivity index (χ1n) is 5.10. The highest BCUT2D eigenvalue weighted by atomic mass is 16.5. The molecule has 0 spiro atoms. The molecule has 0 aromatic heterocycles. The SMILES string of the molecule is CCOC(=O)C(=[N+]=[N-])C(O)CCC(C)C. The summed E-state index contributed by atoms with van der Waals surface area (Å²) >= 11 is 0. The zero-order valence-corrected chi connectivity index (χ0v) is 9.43. The standard InChI is InChI=1S/C10H18N2O3/c1-4-15-10(14)9(12-11)8(13)6-5-7(2)3/h7-8,13H,4-6H2,1-3H3. The van der Waals surface area contributed by atoms with Crippen molar-refractivity contribution in [3.8, 4) is 0 Å². The molecule has 0 aliphatic heterocycles. The van der Waals surface area contributed by atoms with Crippen molar-refractivity contribution in [3.05, 3.63) is 5.53 Å². The predicted molar refractivity (Wildman–Crippen MR) is 55.3 cm³/mol. The number of esters is 1. The highest BCUT2D eigenvalue weighted by molar-refractivity contribution is 6.35. The summed E-state index contributed by atoms with van der Waals surface area (Å²) in [6, 6.07) is 0. The van der Waals surface area contributed by atoms with Gasteiger partial charge in [-0.1, -0.05) is 13.8 Å². The third-order valence-corrected chi connectivity index (χ3v) is 1.93. The molecule has 1 unspecified atom stereocenters. The van der Waals surface area contributed by atoms with Crippen molar-refractivity contribution in [2.75, 3.05) is 6.61 Å².